The van der Waals surface area contributed by atoms with Crippen molar-refractivity contribution in [2.75, 3.05) is 24.6 Å². The van der Waals surface area contributed by atoms with E-state index in [4.69, 9.17) is 5.11 Å². The first-order valence-electron chi connectivity index (χ1n) is 5.90. The first-order valence-corrected chi connectivity index (χ1v) is 7.06. The number of hydrogen-bond donors (Lipinski definition) is 2. The Bertz CT molecular complexity index is 286. The maximum absolute atomic E-state index is 11.8. The van der Waals surface area contributed by atoms with Crippen LogP contribution in [-0.4, -0.2) is 52.6 Å². The molecular weight excluding hydrogens is 240 g/mol. The highest BCUT2D eigenvalue weighted by Gasteiger charge is 2.31. The van der Waals surface area contributed by atoms with Gasteiger partial charge in [-0.25, -0.2) is 4.79 Å². The molecule has 98 valence electrons. The highest BCUT2D eigenvalue weighted by molar-refractivity contribution is 7.99. The van der Waals surface area contributed by atoms with E-state index in [1.54, 1.807) is 16.7 Å². The summed E-state index contributed by atoms with van der Waals surface area (Å²) in [5, 5.41) is 11.7. The third-order valence-electron chi connectivity index (χ3n) is 2.77. The van der Waals surface area contributed by atoms with Crippen LogP contribution in [0.5, 0.6) is 0 Å². The number of nitrogens with one attached hydrogen (secondary N) is 1. The molecule has 0 aliphatic carbocycles. The van der Waals surface area contributed by atoms with Gasteiger partial charge >= 0.3 is 12.0 Å². The maximum atomic E-state index is 11.8. The predicted octanol–water partition coefficient (Wildman–Crippen LogP) is 1.24. The van der Waals surface area contributed by atoms with Gasteiger partial charge < -0.3 is 15.3 Å². The van der Waals surface area contributed by atoms with Gasteiger partial charge in [-0.1, -0.05) is 6.92 Å². The van der Waals surface area contributed by atoms with E-state index in [9.17, 15) is 9.59 Å². The molecule has 1 heterocycles. The number of amides is 2. The quantitative estimate of drug-likeness (QED) is 0.780. The topological polar surface area (TPSA) is 69.6 Å². The Morgan fingerprint density at radius 1 is 1.59 bits per heavy atom. The van der Waals surface area contributed by atoms with Crippen molar-refractivity contribution in [2.24, 2.45) is 5.92 Å². The van der Waals surface area contributed by atoms with Crippen molar-refractivity contribution in [3.05, 3.63) is 0 Å². The molecule has 2 amide bonds. The highest BCUT2D eigenvalue weighted by Crippen LogP contribution is 2.16. The van der Waals surface area contributed by atoms with E-state index in [2.05, 4.69) is 12.2 Å². The van der Waals surface area contributed by atoms with Crippen molar-refractivity contribution >= 4 is 23.8 Å². The fourth-order valence-electron chi connectivity index (χ4n) is 1.78. The average Bonchev–Trinajstić information content (AvgIpc) is 2.75. The molecule has 0 radical (unpaired) electrons. The molecule has 0 aromatic carbocycles. The Labute approximate surface area is 106 Å². The van der Waals surface area contributed by atoms with Crippen molar-refractivity contribution in [1.29, 1.82) is 0 Å². The SMILES string of the molecule is CCSCC(C)NC(=O)N1CCC(C(=O)O)C1. The van der Waals surface area contributed by atoms with Gasteiger partial charge in [0, 0.05) is 24.9 Å². The van der Waals surface area contributed by atoms with E-state index < -0.39 is 11.9 Å². The molecule has 1 aliphatic rings. The van der Waals surface area contributed by atoms with Gasteiger partial charge in [-0.2, -0.15) is 11.8 Å². The predicted molar refractivity (Wildman–Crippen MR) is 68.3 cm³/mol. The number of rotatable bonds is 5. The van der Waals surface area contributed by atoms with Crippen LogP contribution < -0.4 is 5.32 Å². The summed E-state index contributed by atoms with van der Waals surface area (Å²) >= 11 is 1.78. The number of thioether (sulfide) groups is 1. The number of hydrogen-bond acceptors (Lipinski definition) is 3. The average molecular weight is 260 g/mol. The Morgan fingerprint density at radius 2 is 2.29 bits per heavy atom. The van der Waals surface area contributed by atoms with E-state index in [0.717, 1.165) is 11.5 Å². The van der Waals surface area contributed by atoms with E-state index in [1.165, 1.54) is 0 Å². The summed E-state index contributed by atoms with van der Waals surface area (Å²) < 4.78 is 0. The van der Waals surface area contributed by atoms with Crippen molar-refractivity contribution in [3.63, 3.8) is 0 Å². The summed E-state index contributed by atoms with van der Waals surface area (Å²) in [6, 6.07) is -0.0192. The van der Waals surface area contributed by atoms with E-state index in [0.29, 0.717) is 19.5 Å². The standard InChI is InChI=1S/C11H20N2O3S/c1-3-17-7-8(2)12-11(16)13-5-4-9(6-13)10(14)15/h8-9H,3-7H2,1-2H3,(H,12,16)(H,14,15). The van der Waals surface area contributed by atoms with Gasteiger partial charge in [-0.3, -0.25) is 4.79 Å². The van der Waals surface area contributed by atoms with Crippen molar-refractivity contribution in [3.8, 4) is 0 Å². The van der Waals surface area contributed by atoms with Gasteiger partial charge in [0.2, 0.25) is 0 Å². The zero-order chi connectivity index (χ0) is 12.8. The molecule has 0 saturated carbocycles. The summed E-state index contributed by atoms with van der Waals surface area (Å²) in [4.78, 5) is 24.2. The largest absolute Gasteiger partial charge is 0.481 e. The molecule has 2 unspecified atom stereocenters. The molecule has 1 aliphatic heterocycles. The molecule has 0 aromatic heterocycles. The molecule has 0 spiro atoms. The van der Waals surface area contributed by atoms with Gasteiger partial charge in [0.1, 0.15) is 0 Å². The summed E-state index contributed by atoms with van der Waals surface area (Å²) in [6.07, 6.45) is 0.556. The van der Waals surface area contributed by atoms with Crippen LogP contribution in [0, 0.1) is 5.92 Å². The lowest BCUT2D eigenvalue weighted by Crippen LogP contribution is -2.44. The van der Waals surface area contributed by atoms with Crippen molar-refractivity contribution in [1.82, 2.24) is 10.2 Å². The van der Waals surface area contributed by atoms with E-state index in [-0.39, 0.29) is 12.1 Å². The lowest BCUT2D eigenvalue weighted by atomic mass is 10.1. The monoisotopic (exact) mass is 260 g/mol. The minimum absolute atomic E-state index is 0.122. The number of carboxylic acid groups (broad SMARTS) is 1. The molecule has 0 aromatic rings. The molecule has 6 heteroatoms. The normalized spacial score (nSPS) is 21.3. The minimum Gasteiger partial charge on any atom is -0.481 e. The number of likely N-dealkylation sites (tertiary alicyclic amines) is 1. The van der Waals surface area contributed by atoms with Gasteiger partial charge in [0.05, 0.1) is 5.92 Å². The van der Waals surface area contributed by atoms with Crippen molar-refractivity contribution in [2.45, 2.75) is 26.3 Å². The van der Waals surface area contributed by atoms with Crippen LogP contribution in [0.2, 0.25) is 0 Å². The number of urea groups is 1. The fraction of sp³-hybridized carbons (Fsp3) is 0.818. The highest BCUT2D eigenvalue weighted by atomic mass is 32.2. The molecule has 2 N–H and O–H groups in total. The fourth-order valence-corrected chi connectivity index (χ4v) is 2.46. The van der Waals surface area contributed by atoms with Gasteiger partial charge in [-0.15, -0.1) is 0 Å². The Hall–Kier alpha value is -0.910. The smallest absolute Gasteiger partial charge is 0.317 e. The first kappa shape index (κ1) is 14.2. The first-order chi connectivity index (χ1) is 8.04. The number of carbonyl (C=O) groups is 2. The maximum Gasteiger partial charge on any atom is 0.317 e. The molecule has 1 fully saturated rings. The third-order valence-corrected chi connectivity index (χ3v) is 3.91. The lowest BCUT2D eigenvalue weighted by molar-refractivity contribution is -0.141. The van der Waals surface area contributed by atoms with Crippen LogP contribution in [0.3, 0.4) is 0 Å². The summed E-state index contributed by atoms with van der Waals surface area (Å²) in [6.45, 7) is 4.91. The van der Waals surface area contributed by atoms with E-state index in [1.807, 2.05) is 6.92 Å². The Balaban J connectivity index is 2.31. The summed E-state index contributed by atoms with van der Waals surface area (Å²) in [5.41, 5.74) is 0. The number of carboxylic acids is 1. The molecule has 5 nitrogen and oxygen atoms in total. The van der Waals surface area contributed by atoms with E-state index >= 15 is 0 Å². The van der Waals surface area contributed by atoms with Crippen LogP contribution >= 0.6 is 11.8 Å². The number of carbonyl (C=O) groups excluding carboxylic acids is 1. The second kappa shape index (κ2) is 6.74. The number of aliphatic carboxylic acids is 1. The van der Waals surface area contributed by atoms with Gasteiger partial charge in [0.25, 0.3) is 0 Å². The second-order valence-corrected chi connectivity index (χ2v) is 5.60. The van der Waals surface area contributed by atoms with Gasteiger partial charge in [-0.05, 0) is 19.1 Å². The van der Waals surface area contributed by atoms with Gasteiger partial charge in [0.15, 0.2) is 0 Å². The third kappa shape index (κ3) is 4.46. The molecule has 2 atom stereocenters. The Morgan fingerprint density at radius 3 is 2.82 bits per heavy atom. The zero-order valence-corrected chi connectivity index (χ0v) is 11.1. The van der Waals surface area contributed by atoms with Crippen LogP contribution in [0.15, 0.2) is 0 Å². The summed E-state index contributed by atoms with van der Waals surface area (Å²) in [5.74, 6) is 0.708. The van der Waals surface area contributed by atoms with Crippen LogP contribution in [0.1, 0.15) is 20.3 Å². The molecule has 1 rings (SSSR count). The lowest BCUT2D eigenvalue weighted by Gasteiger charge is -2.20. The van der Waals surface area contributed by atoms with Crippen molar-refractivity contribution < 1.29 is 14.7 Å². The van der Waals surface area contributed by atoms with Crippen LogP contribution in [0.4, 0.5) is 4.79 Å². The minimum atomic E-state index is -0.810. The second-order valence-electron chi connectivity index (χ2n) is 4.28. The zero-order valence-electron chi connectivity index (χ0n) is 10.3. The van der Waals surface area contributed by atoms with Crippen LogP contribution in [0.25, 0.3) is 0 Å². The summed E-state index contributed by atoms with van der Waals surface area (Å²) in [7, 11) is 0. The van der Waals surface area contributed by atoms with Crippen LogP contribution in [-0.2, 0) is 4.79 Å². The molecule has 1 saturated heterocycles. The Kier molecular flexibility index (Phi) is 5.61. The number of nitrogens with zero attached hydrogens (tertiary/aromatic N) is 1. The molecule has 17 heavy (non-hydrogen) atoms. The molecular formula is C11H20N2O3S. The molecule has 0 bridgehead atoms.